The van der Waals surface area contributed by atoms with Gasteiger partial charge in [0.15, 0.2) is 0 Å². The Balaban J connectivity index is 1.74. The Labute approximate surface area is 113 Å². The van der Waals surface area contributed by atoms with Crippen molar-refractivity contribution in [3.63, 3.8) is 0 Å². The fourth-order valence-electron chi connectivity index (χ4n) is 2.61. The quantitative estimate of drug-likeness (QED) is 0.735. The van der Waals surface area contributed by atoms with E-state index in [-0.39, 0.29) is 0 Å². The molecule has 3 unspecified atom stereocenters. The van der Waals surface area contributed by atoms with E-state index < -0.39 is 0 Å². The van der Waals surface area contributed by atoms with E-state index in [0.717, 1.165) is 30.6 Å². The van der Waals surface area contributed by atoms with Gasteiger partial charge >= 0.3 is 0 Å². The number of alkyl halides is 1. The summed E-state index contributed by atoms with van der Waals surface area (Å²) in [6, 6.07) is 10.1. The van der Waals surface area contributed by atoms with E-state index >= 15 is 0 Å². The second-order valence-electron chi connectivity index (χ2n) is 5.14. The van der Waals surface area contributed by atoms with Gasteiger partial charge in [-0.2, -0.15) is 0 Å². The third-order valence-corrected chi connectivity index (χ3v) is 4.86. The number of hydrogen-bond donors (Lipinski definition) is 0. The number of benzene rings is 1. The lowest BCUT2D eigenvalue weighted by atomic mass is 9.81. The summed E-state index contributed by atoms with van der Waals surface area (Å²) in [5, 5.41) is 0. The summed E-state index contributed by atoms with van der Waals surface area (Å²) < 4.78 is 5.77. The first-order chi connectivity index (χ1) is 8.25. The first kappa shape index (κ1) is 12.9. The van der Waals surface area contributed by atoms with E-state index in [1.807, 2.05) is 30.3 Å². The second-order valence-corrected chi connectivity index (χ2v) is 6.32. The van der Waals surface area contributed by atoms with Crippen LogP contribution in [0.25, 0.3) is 0 Å². The molecule has 0 amide bonds. The van der Waals surface area contributed by atoms with Gasteiger partial charge in [0.25, 0.3) is 0 Å². The van der Waals surface area contributed by atoms with Crippen LogP contribution in [0.4, 0.5) is 0 Å². The molecule has 0 aliphatic heterocycles. The topological polar surface area (TPSA) is 9.23 Å². The molecule has 1 aliphatic carbocycles. The summed E-state index contributed by atoms with van der Waals surface area (Å²) in [4.78, 5) is 0.693. The van der Waals surface area contributed by atoms with Crippen LogP contribution in [-0.4, -0.2) is 11.4 Å². The van der Waals surface area contributed by atoms with Gasteiger partial charge in [0, 0.05) is 4.83 Å². The van der Waals surface area contributed by atoms with Crippen molar-refractivity contribution in [3.05, 3.63) is 30.3 Å². The highest BCUT2D eigenvalue weighted by molar-refractivity contribution is 9.09. The molecule has 1 aromatic rings. The molecule has 94 valence electrons. The minimum absolute atomic E-state index is 0.693. The van der Waals surface area contributed by atoms with Gasteiger partial charge in [-0.15, -0.1) is 0 Å². The van der Waals surface area contributed by atoms with Crippen LogP contribution >= 0.6 is 15.9 Å². The van der Waals surface area contributed by atoms with Gasteiger partial charge in [-0.05, 0) is 49.7 Å². The largest absolute Gasteiger partial charge is 0.494 e. The molecule has 0 radical (unpaired) electrons. The average molecular weight is 297 g/mol. The third-order valence-electron chi connectivity index (χ3n) is 3.65. The molecule has 2 rings (SSSR count). The van der Waals surface area contributed by atoms with Gasteiger partial charge < -0.3 is 4.74 Å². The SMILES string of the molecule is CC1CCC(Br)C(CCOc2ccccc2)C1. The Morgan fingerprint density at radius 1 is 1.24 bits per heavy atom. The summed E-state index contributed by atoms with van der Waals surface area (Å²) >= 11 is 3.81. The minimum Gasteiger partial charge on any atom is -0.494 e. The van der Waals surface area contributed by atoms with Crippen molar-refractivity contribution >= 4 is 15.9 Å². The van der Waals surface area contributed by atoms with Gasteiger partial charge in [-0.25, -0.2) is 0 Å². The van der Waals surface area contributed by atoms with Crippen molar-refractivity contribution in [2.24, 2.45) is 11.8 Å². The van der Waals surface area contributed by atoms with E-state index in [1.165, 1.54) is 19.3 Å². The molecule has 1 nitrogen and oxygen atoms in total. The zero-order valence-corrected chi connectivity index (χ0v) is 12.0. The summed E-state index contributed by atoms with van der Waals surface area (Å²) in [6.07, 6.45) is 5.19. The van der Waals surface area contributed by atoms with Crippen molar-refractivity contribution in [1.82, 2.24) is 0 Å². The number of rotatable bonds is 4. The molecule has 1 fully saturated rings. The fraction of sp³-hybridized carbons (Fsp3) is 0.600. The molecular weight excluding hydrogens is 276 g/mol. The molecule has 2 heteroatoms. The molecule has 1 aromatic carbocycles. The normalized spacial score (nSPS) is 28.9. The van der Waals surface area contributed by atoms with Gasteiger partial charge in [0.1, 0.15) is 5.75 Å². The summed E-state index contributed by atoms with van der Waals surface area (Å²) in [7, 11) is 0. The van der Waals surface area contributed by atoms with Crippen LogP contribution in [0.15, 0.2) is 30.3 Å². The zero-order valence-electron chi connectivity index (χ0n) is 10.4. The molecule has 0 aromatic heterocycles. The van der Waals surface area contributed by atoms with Gasteiger partial charge in [-0.1, -0.05) is 41.1 Å². The first-order valence-corrected chi connectivity index (χ1v) is 7.49. The maximum Gasteiger partial charge on any atom is 0.119 e. The van der Waals surface area contributed by atoms with Crippen molar-refractivity contribution in [1.29, 1.82) is 0 Å². The maximum atomic E-state index is 5.77. The van der Waals surface area contributed by atoms with Crippen LogP contribution in [-0.2, 0) is 0 Å². The number of hydrogen-bond acceptors (Lipinski definition) is 1. The summed E-state index contributed by atoms with van der Waals surface area (Å²) in [5.74, 6) is 2.65. The molecule has 1 aliphatic rings. The van der Waals surface area contributed by atoms with E-state index in [1.54, 1.807) is 0 Å². The van der Waals surface area contributed by atoms with Crippen LogP contribution in [0.5, 0.6) is 5.75 Å². The van der Waals surface area contributed by atoms with Gasteiger partial charge in [-0.3, -0.25) is 0 Å². The molecular formula is C15H21BrO. The van der Waals surface area contributed by atoms with E-state index in [0.29, 0.717) is 4.83 Å². The lowest BCUT2D eigenvalue weighted by Gasteiger charge is -2.31. The molecule has 0 heterocycles. The third kappa shape index (κ3) is 4.02. The predicted molar refractivity (Wildman–Crippen MR) is 75.8 cm³/mol. The van der Waals surface area contributed by atoms with E-state index in [2.05, 4.69) is 22.9 Å². The minimum atomic E-state index is 0.693. The van der Waals surface area contributed by atoms with Crippen LogP contribution in [0.2, 0.25) is 0 Å². The Bertz CT molecular complexity index is 325. The predicted octanol–water partition coefficient (Wildman–Crippen LogP) is 4.66. The fourth-order valence-corrected chi connectivity index (χ4v) is 3.35. The molecule has 0 saturated heterocycles. The molecule has 0 spiro atoms. The monoisotopic (exact) mass is 296 g/mol. The average Bonchev–Trinajstić information content (AvgIpc) is 2.35. The molecule has 1 saturated carbocycles. The molecule has 3 atom stereocenters. The van der Waals surface area contributed by atoms with Crippen LogP contribution < -0.4 is 4.74 Å². The lowest BCUT2D eigenvalue weighted by molar-refractivity contribution is 0.226. The van der Waals surface area contributed by atoms with Crippen molar-refractivity contribution < 1.29 is 4.74 Å². The standard InChI is InChI=1S/C15H21BrO/c1-12-7-8-15(16)13(11-12)9-10-17-14-5-3-2-4-6-14/h2-6,12-13,15H,7-11H2,1H3. The first-order valence-electron chi connectivity index (χ1n) is 6.57. The zero-order chi connectivity index (χ0) is 12.1. The van der Waals surface area contributed by atoms with Crippen LogP contribution in [0.1, 0.15) is 32.6 Å². The highest BCUT2D eigenvalue weighted by Crippen LogP contribution is 2.35. The van der Waals surface area contributed by atoms with Crippen LogP contribution in [0.3, 0.4) is 0 Å². The Morgan fingerprint density at radius 3 is 2.76 bits per heavy atom. The highest BCUT2D eigenvalue weighted by Gasteiger charge is 2.26. The Hall–Kier alpha value is -0.500. The smallest absolute Gasteiger partial charge is 0.119 e. The van der Waals surface area contributed by atoms with Crippen molar-refractivity contribution in [2.45, 2.75) is 37.4 Å². The summed E-state index contributed by atoms with van der Waals surface area (Å²) in [6.45, 7) is 3.20. The molecule has 17 heavy (non-hydrogen) atoms. The highest BCUT2D eigenvalue weighted by atomic mass is 79.9. The Morgan fingerprint density at radius 2 is 2.00 bits per heavy atom. The Kier molecular flexibility index (Phi) is 4.90. The van der Waals surface area contributed by atoms with Gasteiger partial charge in [0.2, 0.25) is 0 Å². The maximum absolute atomic E-state index is 5.77. The number of halogens is 1. The van der Waals surface area contributed by atoms with Crippen LogP contribution in [0, 0.1) is 11.8 Å². The second kappa shape index (κ2) is 6.44. The number of para-hydroxylation sites is 1. The van der Waals surface area contributed by atoms with Crippen molar-refractivity contribution in [3.8, 4) is 5.75 Å². The van der Waals surface area contributed by atoms with E-state index in [4.69, 9.17) is 4.74 Å². The number of ether oxygens (including phenoxy) is 1. The summed E-state index contributed by atoms with van der Waals surface area (Å²) in [5.41, 5.74) is 0. The lowest BCUT2D eigenvalue weighted by Crippen LogP contribution is -2.25. The molecule has 0 N–H and O–H groups in total. The van der Waals surface area contributed by atoms with Crippen molar-refractivity contribution in [2.75, 3.05) is 6.61 Å². The van der Waals surface area contributed by atoms with E-state index in [9.17, 15) is 0 Å². The van der Waals surface area contributed by atoms with Gasteiger partial charge in [0.05, 0.1) is 6.61 Å². The molecule has 0 bridgehead atoms.